The highest BCUT2D eigenvalue weighted by Gasteiger charge is 2.26. The Morgan fingerprint density at radius 3 is 2.62 bits per heavy atom. The molecule has 0 N–H and O–H groups in total. The Labute approximate surface area is 155 Å². The van der Waals surface area contributed by atoms with Gasteiger partial charge in [-0.05, 0) is 37.1 Å². The van der Waals surface area contributed by atoms with E-state index in [9.17, 15) is 14.0 Å². The Kier molecular flexibility index (Phi) is 5.83. The van der Waals surface area contributed by atoms with Gasteiger partial charge in [-0.25, -0.2) is 4.39 Å². The molecule has 2 heterocycles. The molecule has 0 bridgehead atoms. The third kappa shape index (κ3) is 4.19. The number of likely N-dealkylation sites (tertiary alicyclic amines) is 1. The summed E-state index contributed by atoms with van der Waals surface area (Å²) in [5, 5.41) is 0. The summed E-state index contributed by atoms with van der Waals surface area (Å²) in [7, 11) is 1.39. The van der Waals surface area contributed by atoms with Crippen LogP contribution in [0.15, 0.2) is 42.5 Å². The molecule has 0 radical (unpaired) electrons. The van der Waals surface area contributed by atoms with Crippen LogP contribution in [0.2, 0.25) is 0 Å². The van der Waals surface area contributed by atoms with Crippen molar-refractivity contribution in [2.75, 3.05) is 20.2 Å². The Morgan fingerprint density at radius 1 is 1.19 bits per heavy atom. The molecular weight excluding hydrogens is 353 g/mol. The lowest BCUT2D eigenvalue weighted by Gasteiger charge is -2.29. The van der Waals surface area contributed by atoms with Crippen LogP contribution >= 0.6 is 11.3 Å². The fraction of sp³-hybridized carbons (Fsp3) is 0.300. The maximum atomic E-state index is 13.9. The van der Waals surface area contributed by atoms with Crippen molar-refractivity contribution in [3.63, 3.8) is 0 Å². The highest BCUT2D eigenvalue weighted by Crippen LogP contribution is 2.30. The molecule has 0 unspecified atom stereocenters. The zero-order chi connectivity index (χ0) is 18.5. The first kappa shape index (κ1) is 18.3. The van der Waals surface area contributed by atoms with Crippen LogP contribution in [0, 0.1) is 11.7 Å². The molecule has 0 atom stereocenters. The van der Waals surface area contributed by atoms with Gasteiger partial charge in [-0.15, -0.1) is 11.3 Å². The van der Waals surface area contributed by atoms with Crippen LogP contribution in [0.25, 0.3) is 16.5 Å². The van der Waals surface area contributed by atoms with Gasteiger partial charge in [-0.2, -0.15) is 0 Å². The first-order chi connectivity index (χ1) is 12.6. The molecular formula is C20H20FNO3S. The van der Waals surface area contributed by atoms with Crippen molar-refractivity contribution in [2.24, 2.45) is 5.92 Å². The molecule has 136 valence electrons. The third-order valence-electron chi connectivity index (χ3n) is 4.50. The average Bonchev–Trinajstić information content (AvgIpc) is 3.14. The summed E-state index contributed by atoms with van der Waals surface area (Å²) in [4.78, 5) is 27.3. The number of thiophene rings is 1. The molecule has 3 rings (SSSR count). The van der Waals surface area contributed by atoms with Gasteiger partial charge < -0.3 is 9.64 Å². The van der Waals surface area contributed by atoms with Gasteiger partial charge in [-0.1, -0.05) is 18.2 Å². The molecule has 4 nitrogen and oxygen atoms in total. The highest BCUT2D eigenvalue weighted by atomic mass is 32.1. The van der Waals surface area contributed by atoms with Crippen molar-refractivity contribution in [3.8, 4) is 10.4 Å². The number of hydrogen-bond acceptors (Lipinski definition) is 4. The summed E-state index contributed by atoms with van der Waals surface area (Å²) < 4.78 is 18.6. The van der Waals surface area contributed by atoms with Crippen molar-refractivity contribution < 1.29 is 18.7 Å². The number of amides is 1. The second kappa shape index (κ2) is 8.27. The van der Waals surface area contributed by atoms with Crippen LogP contribution in [0.1, 0.15) is 17.7 Å². The van der Waals surface area contributed by atoms with Gasteiger partial charge >= 0.3 is 5.97 Å². The molecule has 1 aromatic carbocycles. The fourth-order valence-electron chi connectivity index (χ4n) is 3.01. The van der Waals surface area contributed by atoms with Gasteiger partial charge in [-0.3, -0.25) is 9.59 Å². The van der Waals surface area contributed by atoms with E-state index in [1.807, 2.05) is 12.1 Å². The third-order valence-corrected chi connectivity index (χ3v) is 5.58. The molecule has 1 amide bonds. The number of hydrogen-bond donors (Lipinski definition) is 0. The van der Waals surface area contributed by atoms with Crippen molar-refractivity contribution >= 4 is 29.3 Å². The summed E-state index contributed by atoms with van der Waals surface area (Å²) in [5.74, 6) is -0.649. The summed E-state index contributed by atoms with van der Waals surface area (Å²) in [6.07, 6.45) is 4.55. The second-order valence-corrected chi connectivity index (χ2v) is 7.25. The first-order valence-corrected chi connectivity index (χ1v) is 9.29. The van der Waals surface area contributed by atoms with E-state index in [-0.39, 0.29) is 23.6 Å². The first-order valence-electron chi connectivity index (χ1n) is 8.48. The van der Waals surface area contributed by atoms with Gasteiger partial charge in [0.25, 0.3) is 0 Å². The number of rotatable bonds is 4. The normalized spacial score (nSPS) is 15.4. The lowest BCUT2D eigenvalue weighted by Crippen LogP contribution is -2.39. The maximum absolute atomic E-state index is 13.9. The number of methoxy groups -OCH3 is 1. The van der Waals surface area contributed by atoms with Crippen molar-refractivity contribution in [2.45, 2.75) is 12.8 Å². The Balaban J connectivity index is 1.60. The Bertz CT molecular complexity index is 822. The van der Waals surface area contributed by atoms with Gasteiger partial charge in [0.05, 0.1) is 13.0 Å². The van der Waals surface area contributed by atoms with E-state index in [0.29, 0.717) is 31.5 Å². The van der Waals surface area contributed by atoms with Crippen LogP contribution in [-0.4, -0.2) is 37.0 Å². The molecule has 1 aromatic heterocycles. The zero-order valence-electron chi connectivity index (χ0n) is 14.5. The lowest BCUT2D eigenvalue weighted by molar-refractivity contribution is -0.148. The SMILES string of the molecule is COC(=O)C1CCN(C(=O)/C=C/c2ccc(-c3ccccc3F)s2)CC1. The van der Waals surface area contributed by atoms with E-state index < -0.39 is 0 Å². The molecule has 1 fully saturated rings. The number of carbonyl (C=O) groups is 2. The van der Waals surface area contributed by atoms with E-state index in [2.05, 4.69) is 0 Å². The van der Waals surface area contributed by atoms with E-state index in [4.69, 9.17) is 4.74 Å². The van der Waals surface area contributed by atoms with Gasteiger partial charge in [0.1, 0.15) is 5.82 Å². The Morgan fingerprint density at radius 2 is 1.92 bits per heavy atom. The number of esters is 1. The van der Waals surface area contributed by atoms with Crippen molar-refractivity contribution in [1.29, 1.82) is 0 Å². The van der Waals surface area contributed by atoms with Crippen molar-refractivity contribution in [1.82, 2.24) is 4.90 Å². The van der Waals surface area contributed by atoms with Crippen LogP contribution in [-0.2, 0) is 14.3 Å². The van der Waals surface area contributed by atoms with E-state index in [1.165, 1.54) is 30.6 Å². The maximum Gasteiger partial charge on any atom is 0.308 e. The molecule has 0 spiro atoms. The predicted octanol–water partition coefficient (Wildman–Crippen LogP) is 3.98. The predicted molar refractivity (Wildman–Crippen MR) is 100 cm³/mol. The largest absolute Gasteiger partial charge is 0.469 e. The summed E-state index contributed by atoms with van der Waals surface area (Å²) in [6.45, 7) is 1.10. The van der Waals surface area contributed by atoms with E-state index in [1.54, 1.807) is 29.2 Å². The smallest absolute Gasteiger partial charge is 0.308 e. The molecule has 1 aliphatic heterocycles. The molecule has 26 heavy (non-hydrogen) atoms. The van der Waals surface area contributed by atoms with Gasteiger partial charge in [0.15, 0.2) is 0 Å². The van der Waals surface area contributed by atoms with Crippen LogP contribution in [0.4, 0.5) is 4.39 Å². The number of halogens is 1. The molecule has 0 aliphatic carbocycles. The molecule has 1 saturated heterocycles. The van der Waals surface area contributed by atoms with Gasteiger partial charge in [0, 0.05) is 34.5 Å². The monoisotopic (exact) mass is 373 g/mol. The van der Waals surface area contributed by atoms with Crippen LogP contribution in [0.3, 0.4) is 0 Å². The standard InChI is InChI=1S/C20H20FNO3S/c1-25-20(24)14-10-12-22(13-11-14)19(23)9-7-15-6-8-18(26-15)16-4-2-3-5-17(16)21/h2-9,14H,10-13H2,1H3/b9-7+. The number of piperidine rings is 1. The number of carbonyl (C=O) groups excluding carboxylic acids is 2. The molecule has 6 heteroatoms. The second-order valence-electron chi connectivity index (χ2n) is 6.14. The van der Waals surface area contributed by atoms with Crippen molar-refractivity contribution in [3.05, 3.63) is 53.2 Å². The average molecular weight is 373 g/mol. The van der Waals surface area contributed by atoms with Gasteiger partial charge in [0.2, 0.25) is 5.91 Å². The van der Waals surface area contributed by atoms with E-state index in [0.717, 1.165) is 9.75 Å². The topological polar surface area (TPSA) is 46.6 Å². The van der Waals surface area contributed by atoms with Crippen LogP contribution < -0.4 is 0 Å². The summed E-state index contributed by atoms with van der Waals surface area (Å²) in [5.41, 5.74) is 0.563. The molecule has 1 aliphatic rings. The molecule has 0 saturated carbocycles. The summed E-state index contributed by atoms with van der Waals surface area (Å²) >= 11 is 1.44. The zero-order valence-corrected chi connectivity index (χ0v) is 15.3. The highest BCUT2D eigenvalue weighted by molar-refractivity contribution is 7.16. The van der Waals surface area contributed by atoms with E-state index >= 15 is 0 Å². The lowest BCUT2D eigenvalue weighted by atomic mass is 9.97. The number of ether oxygens (including phenoxy) is 1. The number of benzene rings is 1. The minimum absolute atomic E-state index is 0.0749. The minimum atomic E-state index is -0.255. The van der Waals surface area contributed by atoms with Crippen LogP contribution in [0.5, 0.6) is 0 Å². The number of nitrogens with zero attached hydrogens (tertiary/aromatic N) is 1. The fourth-order valence-corrected chi connectivity index (χ4v) is 3.95. The quantitative estimate of drug-likeness (QED) is 0.602. The minimum Gasteiger partial charge on any atom is -0.469 e. The summed E-state index contributed by atoms with van der Waals surface area (Å²) in [6, 6.07) is 10.4. The Hall–Kier alpha value is -2.47. The molecule has 2 aromatic rings.